The topological polar surface area (TPSA) is 28.0 Å². The molecular formula is C13H17N3. The zero-order valence-corrected chi connectivity index (χ0v) is 9.42. The highest BCUT2D eigenvalue weighted by Gasteiger charge is 2.01. The van der Waals surface area contributed by atoms with Crippen LogP contribution in [0.3, 0.4) is 0 Å². The highest BCUT2D eigenvalue weighted by molar-refractivity contribution is 5.14. The molecule has 1 aliphatic heterocycles. The summed E-state index contributed by atoms with van der Waals surface area (Å²) >= 11 is 0. The summed E-state index contributed by atoms with van der Waals surface area (Å²) in [5.74, 6) is 0. The van der Waals surface area contributed by atoms with Crippen molar-refractivity contribution in [1.82, 2.24) is 5.01 Å². The Morgan fingerprint density at radius 3 is 2.75 bits per heavy atom. The van der Waals surface area contributed by atoms with Crippen LogP contribution in [0.4, 0.5) is 0 Å². The molecule has 0 aliphatic carbocycles. The molecule has 1 heterocycles. The lowest BCUT2D eigenvalue weighted by atomic mass is 10.1. The van der Waals surface area contributed by atoms with E-state index in [1.54, 1.807) is 6.20 Å². The molecule has 0 amide bonds. The summed E-state index contributed by atoms with van der Waals surface area (Å²) in [6.07, 6.45) is 7.31. The van der Waals surface area contributed by atoms with Gasteiger partial charge in [-0.1, -0.05) is 35.6 Å². The zero-order chi connectivity index (χ0) is 11.1. The average molecular weight is 215 g/mol. The lowest BCUT2D eigenvalue weighted by Crippen LogP contribution is -2.19. The van der Waals surface area contributed by atoms with Crippen LogP contribution in [-0.4, -0.2) is 18.1 Å². The van der Waals surface area contributed by atoms with Gasteiger partial charge in [0.15, 0.2) is 0 Å². The maximum absolute atomic E-state index is 4.05. The summed E-state index contributed by atoms with van der Waals surface area (Å²) in [6, 6.07) is 10.6. The Hall–Kier alpha value is -1.64. The smallest absolute Gasteiger partial charge is 0.0576 e. The van der Waals surface area contributed by atoms with Gasteiger partial charge in [-0.05, 0) is 30.9 Å². The van der Waals surface area contributed by atoms with E-state index in [1.807, 2.05) is 11.1 Å². The second kappa shape index (κ2) is 6.05. The van der Waals surface area contributed by atoms with Crippen molar-refractivity contribution >= 4 is 0 Å². The van der Waals surface area contributed by atoms with Gasteiger partial charge in [-0.3, -0.25) is 5.01 Å². The highest BCUT2D eigenvalue weighted by atomic mass is 15.5. The molecule has 0 bridgehead atoms. The van der Waals surface area contributed by atoms with E-state index in [-0.39, 0.29) is 0 Å². The van der Waals surface area contributed by atoms with Crippen molar-refractivity contribution in [1.29, 1.82) is 0 Å². The minimum atomic E-state index is 0.898. The normalized spacial score (nSPS) is 14.4. The third kappa shape index (κ3) is 3.50. The number of rotatable bonds is 5. The van der Waals surface area contributed by atoms with Crippen LogP contribution in [0.2, 0.25) is 0 Å². The molecule has 2 rings (SSSR count). The summed E-state index contributed by atoms with van der Waals surface area (Å²) < 4.78 is 0. The number of hydrogen-bond donors (Lipinski definition) is 0. The first kappa shape index (κ1) is 10.9. The van der Waals surface area contributed by atoms with Gasteiger partial charge in [0.05, 0.1) is 6.54 Å². The van der Waals surface area contributed by atoms with E-state index in [0.29, 0.717) is 0 Å². The van der Waals surface area contributed by atoms with Crippen LogP contribution in [0.5, 0.6) is 0 Å². The molecule has 0 unspecified atom stereocenters. The lowest BCUT2D eigenvalue weighted by Gasteiger charge is -2.16. The van der Waals surface area contributed by atoms with Crippen LogP contribution >= 0.6 is 0 Å². The molecule has 0 saturated carbocycles. The minimum absolute atomic E-state index is 0.898. The molecule has 16 heavy (non-hydrogen) atoms. The van der Waals surface area contributed by atoms with Crippen molar-refractivity contribution in [2.75, 3.05) is 13.1 Å². The van der Waals surface area contributed by atoms with Gasteiger partial charge in [0.25, 0.3) is 0 Å². The first-order valence-corrected chi connectivity index (χ1v) is 5.80. The van der Waals surface area contributed by atoms with Crippen molar-refractivity contribution in [3.63, 3.8) is 0 Å². The molecule has 0 saturated heterocycles. The second-order valence-electron chi connectivity index (χ2n) is 3.95. The number of nitrogens with zero attached hydrogens (tertiary/aromatic N) is 3. The first-order valence-electron chi connectivity index (χ1n) is 5.80. The van der Waals surface area contributed by atoms with Crippen LogP contribution < -0.4 is 0 Å². The Labute approximate surface area is 96.5 Å². The van der Waals surface area contributed by atoms with Gasteiger partial charge in [-0.25, -0.2) is 0 Å². The monoisotopic (exact) mass is 215 g/mol. The Balaban J connectivity index is 1.62. The number of benzene rings is 1. The van der Waals surface area contributed by atoms with E-state index < -0.39 is 0 Å². The summed E-state index contributed by atoms with van der Waals surface area (Å²) in [4.78, 5) is 0. The predicted octanol–water partition coefficient (Wildman–Crippen LogP) is 3.21. The SMILES string of the molecule is C1=CN=NN(CCCCc2ccccc2)C1. The molecule has 0 radical (unpaired) electrons. The summed E-state index contributed by atoms with van der Waals surface area (Å²) in [5, 5.41) is 9.92. The van der Waals surface area contributed by atoms with Crippen LogP contribution in [0.25, 0.3) is 0 Å². The lowest BCUT2D eigenvalue weighted by molar-refractivity contribution is 0.285. The van der Waals surface area contributed by atoms with E-state index in [2.05, 4.69) is 40.7 Å². The summed E-state index contributed by atoms with van der Waals surface area (Å²) in [5.41, 5.74) is 1.42. The fraction of sp³-hybridized carbons (Fsp3) is 0.385. The van der Waals surface area contributed by atoms with Gasteiger partial charge in [0.1, 0.15) is 0 Å². The molecular weight excluding hydrogens is 198 g/mol. The molecule has 1 aromatic rings. The van der Waals surface area contributed by atoms with Crippen LogP contribution in [0.15, 0.2) is 52.9 Å². The fourth-order valence-electron chi connectivity index (χ4n) is 1.76. The average Bonchev–Trinajstić information content (AvgIpc) is 2.37. The maximum atomic E-state index is 4.05. The second-order valence-corrected chi connectivity index (χ2v) is 3.95. The van der Waals surface area contributed by atoms with Crippen molar-refractivity contribution in [3.8, 4) is 0 Å². The highest BCUT2D eigenvalue weighted by Crippen LogP contribution is 2.06. The Kier molecular flexibility index (Phi) is 4.11. The number of unbranched alkanes of at least 4 members (excludes halogenated alkanes) is 1. The van der Waals surface area contributed by atoms with Gasteiger partial charge >= 0.3 is 0 Å². The molecule has 3 heteroatoms. The minimum Gasteiger partial charge on any atom is -0.275 e. The van der Waals surface area contributed by atoms with Crippen molar-refractivity contribution in [2.24, 2.45) is 10.3 Å². The maximum Gasteiger partial charge on any atom is 0.0576 e. The van der Waals surface area contributed by atoms with Gasteiger partial charge in [0, 0.05) is 12.7 Å². The standard InChI is InChI=1S/C13H17N3/c1-2-7-13(8-3-1)9-4-5-11-16-12-6-10-14-15-16/h1-3,6-8,10H,4-5,9,11-12H2. The van der Waals surface area contributed by atoms with Gasteiger partial charge in [0.2, 0.25) is 0 Å². The molecule has 0 spiro atoms. The summed E-state index contributed by atoms with van der Waals surface area (Å²) in [7, 11) is 0. The first-order chi connectivity index (χ1) is 7.95. The van der Waals surface area contributed by atoms with Crippen molar-refractivity contribution < 1.29 is 0 Å². The molecule has 0 fully saturated rings. The van der Waals surface area contributed by atoms with E-state index in [4.69, 9.17) is 0 Å². The molecule has 1 aliphatic rings. The van der Waals surface area contributed by atoms with Crippen LogP contribution in [0.1, 0.15) is 18.4 Å². The molecule has 1 aromatic carbocycles. The predicted molar refractivity (Wildman–Crippen MR) is 64.9 cm³/mol. The van der Waals surface area contributed by atoms with Gasteiger partial charge in [-0.2, -0.15) is 0 Å². The van der Waals surface area contributed by atoms with E-state index >= 15 is 0 Å². The molecule has 0 N–H and O–H groups in total. The third-order valence-corrected chi connectivity index (χ3v) is 2.64. The van der Waals surface area contributed by atoms with Crippen LogP contribution in [0, 0.1) is 0 Å². The molecule has 0 atom stereocenters. The Morgan fingerprint density at radius 1 is 1.12 bits per heavy atom. The third-order valence-electron chi connectivity index (χ3n) is 2.64. The summed E-state index contributed by atoms with van der Waals surface area (Å²) in [6.45, 7) is 1.90. The number of aryl methyl sites for hydroxylation is 1. The van der Waals surface area contributed by atoms with E-state index in [0.717, 1.165) is 19.5 Å². The zero-order valence-electron chi connectivity index (χ0n) is 9.42. The Bertz CT molecular complexity index is 357. The van der Waals surface area contributed by atoms with Crippen LogP contribution in [-0.2, 0) is 6.42 Å². The van der Waals surface area contributed by atoms with E-state index in [1.165, 1.54) is 18.4 Å². The number of hydrogen-bond acceptors (Lipinski definition) is 3. The van der Waals surface area contributed by atoms with Gasteiger partial charge in [-0.15, -0.1) is 5.11 Å². The molecule has 3 nitrogen and oxygen atoms in total. The van der Waals surface area contributed by atoms with Gasteiger partial charge < -0.3 is 0 Å². The largest absolute Gasteiger partial charge is 0.275 e. The Morgan fingerprint density at radius 2 is 2.00 bits per heavy atom. The van der Waals surface area contributed by atoms with Crippen molar-refractivity contribution in [3.05, 3.63) is 48.2 Å². The quantitative estimate of drug-likeness (QED) is 0.693. The molecule has 84 valence electrons. The van der Waals surface area contributed by atoms with E-state index in [9.17, 15) is 0 Å². The van der Waals surface area contributed by atoms with Crippen molar-refractivity contribution in [2.45, 2.75) is 19.3 Å². The molecule has 0 aromatic heterocycles. The fourth-order valence-corrected chi connectivity index (χ4v) is 1.76.